The van der Waals surface area contributed by atoms with Gasteiger partial charge in [0.1, 0.15) is 11.6 Å². The molecule has 19 heavy (non-hydrogen) atoms. The molecule has 0 saturated heterocycles. The highest BCUT2D eigenvalue weighted by atomic mass is 15.3. The van der Waals surface area contributed by atoms with Crippen molar-refractivity contribution in [2.24, 2.45) is 0 Å². The minimum Gasteiger partial charge on any atom is -0.370 e. The maximum absolute atomic E-state index is 4.57. The molecule has 2 aromatic heterocycles. The van der Waals surface area contributed by atoms with Crippen molar-refractivity contribution in [3.05, 3.63) is 29.8 Å². The zero-order valence-electron chi connectivity index (χ0n) is 12.0. The Morgan fingerprint density at radius 3 is 2.68 bits per heavy atom. The maximum atomic E-state index is 4.57. The highest BCUT2D eigenvalue weighted by Gasteiger charge is 2.09. The van der Waals surface area contributed by atoms with E-state index in [1.807, 2.05) is 25.4 Å². The van der Waals surface area contributed by atoms with Crippen LogP contribution in [0.2, 0.25) is 0 Å². The van der Waals surface area contributed by atoms with Crippen molar-refractivity contribution in [3.63, 3.8) is 0 Å². The van der Waals surface area contributed by atoms with E-state index in [2.05, 4.69) is 41.2 Å². The molecule has 2 aromatic rings. The largest absolute Gasteiger partial charge is 0.370 e. The molecular formula is C14H21N5. The van der Waals surface area contributed by atoms with E-state index in [4.69, 9.17) is 0 Å². The van der Waals surface area contributed by atoms with Gasteiger partial charge >= 0.3 is 0 Å². The molecule has 5 nitrogen and oxygen atoms in total. The molecule has 0 amide bonds. The van der Waals surface area contributed by atoms with Crippen LogP contribution in [-0.2, 0) is 0 Å². The van der Waals surface area contributed by atoms with E-state index in [0.29, 0.717) is 5.92 Å². The van der Waals surface area contributed by atoms with E-state index in [0.717, 1.165) is 36.0 Å². The lowest BCUT2D eigenvalue weighted by atomic mass is 10.2. The number of anilines is 1. The van der Waals surface area contributed by atoms with E-state index in [9.17, 15) is 0 Å². The normalized spacial score (nSPS) is 11.0. The SMILES string of the molecule is CCCNc1cc(-n2cc(C)cn2)nc(C(C)C)n1. The van der Waals surface area contributed by atoms with Gasteiger partial charge in [-0.25, -0.2) is 14.6 Å². The van der Waals surface area contributed by atoms with Gasteiger partial charge in [0.25, 0.3) is 0 Å². The van der Waals surface area contributed by atoms with Crippen molar-refractivity contribution >= 4 is 5.82 Å². The molecule has 0 atom stereocenters. The van der Waals surface area contributed by atoms with Gasteiger partial charge < -0.3 is 5.32 Å². The first-order valence-corrected chi connectivity index (χ1v) is 6.74. The third-order valence-electron chi connectivity index (χ3n) is 2.75. The van der Waals surface area contributed by atoms with E-state index < -0.39 is 0 Å². The van der Waals surface area contributed by atoms with Gasteiger partial charge in [-0.15, -0.1) is 0 Å². The van der Waals surface area contributed by atoms with E-state index >= 15 is 0 Å². The van der Waals surface area contributed by atoms with Crippen LogP contribution < -0.4 is 5.32 Å². The first-order chi connectivity index (χ1) is 9.10. The smallest absolute Gasteiger partial charge is 0.159 e. The summed E-state index contributed by atoms with van der Waals surface area (Å²) in [6.45, 7) is 9.25. The van der Waals surface area contributed by atoms with Gasteiger partial charge in [0.15, 0.2) is 5.82 Å². The second kappa shape index (κ2) is 5.82. The molecule has 0 aliphatic rings. The van der Waals surface area contributed by atoms with Crippen LogP contribution in [0.1, 0.15) is 44.5 Å². The Bertz CT molecular complexity index is 545. The predicted molar refractivity (Wildman–Crippen MR) is 76.8 cm³/mol. The molecule has 0 fully saturated rings. The van der Waals surface area contributed by atoms with Gasteiger partial charge in [-0.05, 0) is 18.9 Å². The molecular weight excluding hydrogens is 238 g/mol. The fraction of sp³-hybridized carbons (Fsp3) is 0.500. The Labute approximate surface area is 114 Å². The molecule has 1 N–H and O–H groups in total. The van der Waals surface area contributed by atoms with E-state index in [-0.39, 0.29) is 0 Å². The Kier molecular flexibility index (Phi) is 4.14. The number of rotatable bonds is 5. The third kappa shape index (κ3) is 3.30. The Morgan fingerprint density at radius 1 is 1.32 bits per heavy atom. The molecule has 0 saturated carbocycles. The third-order valence-corrected chi connectivity index (χ3v) is 2.75. The average Bonchev–Trinajstić information content (AvgIpc) is 2.82. The lowest BCUT2D eigenvalue weighted by molar-refractivity contribution is 0.745. The summed E-state index contributed by atoms with van der Waals surface area (Å²) >= 11 is 0. The molecule has 0 aliphatic carbocycles. The van der Waals surface area contributed by atoms with Crippen molar-refractivity contribution in [3.8, 4) is 5.82 Å². The van der Waals surface area contributed by atoms with Crippen LogP contribution in [0.25, 0.3) is 5.82 Å². The topological polar surface area (TPSA) is 55.6 Å². The Balaban J connectivity index is 2.39. The van der Waals surface area contributed by atoms with E-state index in [1.165, 1.54) is 0 Å². The van der Waals surface area contributed by atoms with Crippen LogP contribution in [0.3, 0.4) is 0 Å². The minimum absolute atomic E-state index is 0.291. The van der Waals surface area contributed by atoms with Crippen LogP contribution in [0.4, 0.5) is 5.82 Å². The Hall–Kier alpha value is -1.91. The van der Waals surface area contributed by atoms with Crippen molar-refractivity contribution in [1.29, 1.82) is 0 Å². The molecule has 2 rings (SSSR count). The van der Waals surface area contributed by atoms with Gasteiger partial charge in [0, 0.05) is 24.7 Å². The molecule has 0 bridgehead atoms. The molecule has 2 heterocycles. The van der Waals surface area contributed by atoms with Gasteiger partial charge in [-0.3, -0.25) is 0 Å². The van der Waals surface area contributed by atoms with Gasteiger partial charge in [-0.1, -0.05) is 20.8 Å². The number of nitrogens with zero attached hydrogens (tertiary/aromatic N) is 4. The predicted octanol–water partition coefficient (Wildman–Crippen LogP) is 2.92. The van der Waals surface area contributed by atoms with Crippen LogP contribution >= 0.6 is 0 Å². The van der Waals surface area contributed by atoms with Crippen LogP contribution in [0.15, 0.2) is 18.5 Å². The summed E-state index contributed by atoms with van der Waals surface area (Å²) in [6.07, 6.45) is 4.86. The average molecular weight is 259 g/mol. The van der Waals surface area contributed by atoms with Gasteiger partial charge in [0.2, 0.25) is 0 Å². The number of nitrogens with one attached hydrogen (secondary N) is 1. The molecule has 102 valence electrons. The zero-order chi connectivity index (χ0) is 13.8. The van der Waals surface area contributed by atoms with Gasteiger partial charge in [-0.2, -0.15) is 5.10 Å². The fourth-order valence-electron chi connectivity index (χ4n) is 1.71. The summed E-state index contributed by atoms with van der Waals surface area (Å²) < 4.78 is 1.79. The summed E-state index contributed by atoms with van der Waals surface area (Å²) in [5, 5.41) is 7.62. The minimum atomic E-state index is 0.291. The van der Waals surface area contributed by atoms with Crippen molar-refractivity contribution < 1.29 is 0 Å². The summed E-state index contributed by atoms with van der Waals surface area (Å²) in [7, 11) is 0. The van der Waals surface area contributed by atoms with Crippen molar-refractivity contribution in [2.75, 3.05) is 11.9 Å². The molecule has 0 radical (unpaired) electrons. The maximum Gasteiger partial charge on any atom is 0.159 e. The Morgan fingerprint density at radius 2 is 2.11 bits per heavy atom. The number of hydrogen-bond donors (Lipinski definition) is 1. The van der Waals surface area contributed by atoms with Crippen molar-refractivity contribution in [2.45, 2.75) is 40.0 Å². The number of aromatic nitrogens is 4. The lowest BCUT2D eigenvalue weighted by Crippen LogP contribution is -2.09. The lowest BCUT2D eigenvalue weighted by Gasteiger charge is -2.11. The fourth-order valence-corrected chi connectivity index (χ4v) is 1.71. The molecule has 5 heteroatoms. The highest BCUT2D eigenvalue weighted by molar-refractivity contribution is 5.41. The highest BCUT2D eigenvalue weighted by Crippen LogP contribution is 2.16. The standard InChI is InChI=1S/C14H21N5/c1-5-6-15-12-7-13(18-14(17-12)10(2)3)19-9-11(4)8-16-19/h7-10H,5-6H2,1-4H3,(H,15,17,18). The first-order valence-electron chi connectivity index (χ1n) is 6.74. The first kappa shape index (κ1) is 13.5. The van der Waals surface area contributed by atoms with E-state index in [1.54, 1.807) is 4.68 Å². The van der Waals surface area contributed by atoms with Crippen LogP contribution in [0, 0.1) is 6.92 Å². The quantitative estimate of drug-likeness (QED) is 0.897. The zero-order valence-corrected chi connectivity index (χ0v) is 12.0. The summed E-state index contributed by atoms with van der Waals surface area (Å²) in [6, 6.07) is 1.94. The second-order valence-corrected chi connectivity index (χ2v) is 5.01. The van der Waals surface area contributed by atoms with Gasteiger partial charge in [0.05, 0.1) is 6.20 Å². The monoisotopic (exact) mass is 259 g/mol. The van der Waals surface area contributed by atoms with Crippen LogP contribution in [-0.4, -0.2) is 26.3 Å². The molecule has 0 spiro atoms. The van der Waals surface area contributed by atoms with Crippen LogP contribution in [0.5, 0.6) is 0 Å². The second-order valence-electron chi connectivity index (χ2n) is 5.01. The summed E-state index contributed by atoms with van der Waals surface area (Å²) in [5.41, 5.74) is 1.12. The summed E-state index contributed by atoms with van der Waals surface area (Å²) in [5.74, 6) is 2.80. The number of aryl methyl sites for hydroxylation is 1. The molecule has 0 aromatic carbocycles. The molecule has 0 unspecified atom stereocenters. The summed E-state index contributed by atoms with van der Waals surface area (Å²) in [4.78, 5) is 9.11. The molecule has 0 aliphatic heterocycles. The number of hydrogen-bond acceptors (Lipinski definition) is 4. The van der Waals surface area contributed by atoms with Crippen molar-refractivity contribution in [1.82, 2.24) is 19.7 Å².